The molecule has 0 saturated carbocycles. The summed E-state index contributed by atoms with van der Waals surface area (Å²) >= 11 is 0. The van der Waals surface area contributed by atoms with Crippen LogP contribution in [0.1, 0.15) is 35.6 Å². The highest BCUT2D eigenvalue weighted by Crippen LogP contribution is 2.35. The first-order valence-electron chi connectivity index (χ1n) is 9.62. The predicted octanol–water partition coefficient (Wildman–Crippen LogP) is 2.88. The van der Waals surface area contributed by atoms with Gasteiger partial charge in [0.2, 0.25) is 5.91 Å². The molecule has 1 amide bonds. The molecule has 1 atom stereocenters. The standard InChI is InChI=1S/C22H25FN2O2/c23-18-7-5-17(6-8-18)22(10-13-27-14-11-22)21(26)25-15-20-19-4-2-1-3-16(19)9-12-24-20/h1-8,20,24H,9-15H2,(H,25,26). The van der Waals surface area contributed by atoms with Crippen LogP contribution >= 0.6 is 0 Å². The highest BCUT2D eigenvalue weighted by molar-refractivity contribution is 5.88. The molecule has 2 N–H and O–H groups in total. The average molecular weight is 368 g/mol. The fourth-order valence-corrected chi connectivity index (χ4v) is 4.27. The van der Waals surface area contributed by atoms with Crippen molar-refractivity contribution in [3.05, 3.63) is 71.0 Å². The summed E-state index contributed by atoms with van der Waals surface area (Å²) < 4.78 is 18.9. The van der Waals surface area contributed by atoms with Gasteiger partial charge in [-0.3, -0.25) is 4.79 Å². The molecule has 2 aromatic rings. The number of carbonyl (C=O) groups excluding carboxylic acids is 1. The van der Waals surface area contributed by atoms with Crippen LogP contribution in [0.5, 0.6) is 0 Å². The Hall–Kier alpha value is -2.24. The number of hydrogen-bond acceptors (Lipinski definition) is 3. The van der Waals surface area contributed by atoms with E-state index in [1.54, 1.807) is 12.1 Å². The van der Waals surface area contributed by atoms with Gasteiger partial charge in [0.05, 0.1) is 5.41 Å². The molecule has 0 spiro atoms. The average Bonchev–Trinajstić information content (AvgIpc) is 2.73. The van der Waals surface area contributed by atoms with Gasteiger partial charge in [0, 0.05) is 25.8 Å². The van der Waals surface area contributed by atoms with Crippen molar-refractivity contribution in [2.45, 2.75) is 30.7 Å². The van der Waals surface area contributed by atoms with Gasteiger partial charge in [-0.05, 0) is 54.6 Å². The molecule has 2 aromatic carbocycles. The zero-order valence-electron chi connectivity index (χ0n) is 15.3. The van der Waals surface area contributed by atoms with Crippen molar-refractivity contribution >= 4 is 5.91 Å². The van der Waals surface area contributed by atoms with Crippen LogP contribution in [0.2, 0.25) is 0 Å². The summed E-state index contributed by atoms with van der Waals surface area (Å²) in [6.07, 6.45) is 2.23. The Labute approximate surface area is 159 Å². The molecule has 0 bridgehead atoms. The van der Waals surface area contributed by atoms with Crippen LogP contribution < -0.4 is 10.6 Å². The van der Waals surface area contributed by atoms with Gasteiger partial charge in [0.25, 0.3) is 0 Å². The first kappa shape index (κ1) is 18.1. The van der Waals surface area contributed by atoms with Gasteiger partial charge < -0.3 is 15.4 Å². The maximum Gasteiger partial charge on any atom is 0.230 e. The maximum atomic E-state index is 13.4. The lowest BCUT2D eigenvalue weighted by molar-refractivity contribution is -0.130. The zero-order chi connectivity index (χ0) is 18.7. The highest BCUT2D eigenvalue weighted by atomic mass is 19.1. The summed E-state index contributed by atoms with van der Waals surface area (Å²) in [5.41, 5.74) is 2.81. The second-order valence-corrected chi connectivity index (χ2v) is 7.37. The molecule has 0 radical (unpaired) electrons. The number of nitrogens with one attached hydrogen (secondary N) is 2. The second kappa shape index (κ2) is 7.79. The minimum Gasteiger partial charge on any atom is -0.381 e. The normalized spacial score (nSPS) is 21.3. The Bertz CT molecular complexity index is 800. The van der Waals surface area contributed by atoms with Crippen molar-refractivity contribution in [3.63, 3.8) is 0 Å². The van der Waals surface area contributed by atoms with Gasteiger partial charge in [-0.25, -0.2) is 4.39 Å². The summed E-state index contributed by atoms with van der Waals surface area (Å²) in [5.74, 6) is -0.286. The van der Waals surface area contributed by atoms with Crippen LogP contribution in [0.25, 0.3) is 0 Å². The van der Waals surface area contributed by atoms with Gasteiger partial charge in [-0.1, -0.05) is 36.4 Å². The molecule has 27 heavy (non-hydrogen) atoms. The van der Waals surface area contributed by atoms with Crippen molar-refractivity contribution < 1.29 is 13.9 Å². The number of rotatable bonds is 4. The van der Waals surface area contributed by atoms with E-state index in [2.05, 4.69) is 28.8 Å². The molecule has 0 aliphatic carbocycles. The minimum absolute atomic E-state index is 0.00210. The van der Waals surface area contributed by atoms with E-state index in [-0.39, 0.29) is 17.8 Å². The van der Waals surface area contributed by atoms with Gasteiger partial charge in [-0.15, -0.1) is 0 Å². The molecule has 1 saturated heterocycles. The summed E-state index contributed by atoms with van der Waals surface area (Å²) in [7, 11) is 0. The van der Waals surface area contributed by atoms with E-state index in [4.69, 9.17) is 4.74 Å². The first-order chi connectivity index (χ1) is 13.2. The third-order valence-electron chi connectivity index (χ3n) is 5.86. The van der Waals surface area contributed by atoms with Gasteiger partial charge in [-0.2, -0.15) is 0 Å². The summed E-state index contributed by atoms with van der Waals surface area (Å²) in [6.45, 7) is 2.53. The number of carbonyl (C=O) groups is 1. The van der Waals surface area contributed by atoms with E-state index in [0.717, 1.165) is 18.5 Å². The lowest BCUT2D eigenvalue weighted by Crippen LogP contribution is -2.50. The van der Waals surface area contributed by atoms with Gasteiger partial charge >= 0.3 is 0 Å². The monoisotopic (exact) mass is 368 g/mol. The topological polar surface area (TPSA) is 50.4 Å². The zero-order valence-corrected chi connectivity index (χ0v) is 15.3. The minimum atomic E-state index is -0.653. The lowest BCUT2D eigenvalue weighted by atomic mass is 9.73. The lowest BCUT2D eigenvalue weighted by Gasteiger charge is -2.37. The predicted molar refractivity (Wildman–Crippen MR) is 102 cm³/mol. The molecule has 142 valence electrons. The molecule has 5 heteroatoms. The smallest absolute Gasteiger partial charge is 0.230 e. The van der Waals surface area contributed by atoms with Crippen LogP contribution in [0, 0.1) is 5.82 Å². The van der Waals surface area contributed by atoms with E-state index >= 15 is 0 Å². The number of amides is 1. The molecule has 1 unspecified atom stereocenters. The van der Waals surface area contributed by atoms with Crippen molar-refractivity contribution in [1.82, 2.24) is 10.6 Å². The third-order valence-corrected chi connectivity index (χ3v) is 5.86. The van der Waals surface area contributed by atoms with E-state index < -0.39 is 5.41 Å². The number of benzene rings is 2. The highest BCUT2D eigenvalue weighted by Gasteiger charge is 2.41. The van der Waals surface area contributed by atoms with E-state index in [0.29, 0.717) is 32.6 Å². The molecular weight excluding hydrogens is 343 g/mol. The Morgan fingerprint density at radius 3 is 2.67 bits per heavy atom. The van der Waals surface area contributed by atoms with Gasteiger partial charge in [0.15, 0.2) is 0 Å². The fourth-order valence-electron chi connectivity index (χ4n) is 4.27. The van der Waals surface area contributed by atoms with Crippen molar-refractivity contribution in [3.8, 4) is 0 Å². The molecular formula is C22H25FN2O2. The number of hydrogen-bond donors (Lipinski definition) is 2. The Balaban J connectivity index is 1.52. The summed E-state index contributed by atoms with van der Waals surface area (Å²) in [4.78, 5) is 13.3. The fraction of sp³-hybridized carbons (Fsp3) is 0.409. The molecule has 2 heterocycles. The number of fused-ring (bicyclic) bond motifs is 1. The third kappa shape index (κ3) is 3.62. The van der Waals surface area contributed by atoms with Crippen molar-refractivity contribution in [1.29, 1.82) is 0 Å². The van der Waals surface area contributed by atoms with Crippen LogP contribution in [0.3, 0.4) is 0 Å². The Kier molecular flexibility index (Phi) is 5.23. The van der Waals surface area contributed by atoms with Crippen LogP contribution in [0.4, 0.5) is 4.39 Å². The molecule has 4 rings (SSSR count). The van der Waals surface area contributed by atoms with Crippen LogP contribution in [-0.4, -0.2) is 32.2 Å². The molecule has 2 aliphatic rings. The van der Waals surface area contributed by atoms with Gasteiger partial charge in [0.1, 0.15) is 5.82 Å². The van der Waals surface area contributed by atoms with Crippen molar-refractivity contribution in [2.24, 2.45) is 0 Å². The van der Waals surface area contributed by atoms with Crippen molar-refractivity contribution in [2.75, 3.05) is 26.3 Å². The van der Waals surface area contributed by atoms with Crippen LogP contribution in [0.15, 0.2) is 48.5 Å². The molecule has 4 nitrogen and oxygen atoms in total. The number of ether oxygens (including phenoxy) is 1. The van der Waals surface area contributed by atoms with E-state index in [1.165, 1.54) is 23.3 Å². The maximum absolute atomic E-state index is 13.4. The van der Waals surface area contributed by atoms with E-state index in [9.17, 15) is 9.18 Å². The Morgan fingerprint density at radius 1 is 1.15 bits per heavy atom. The quantitative estimate of drug-likeness (QED) is 0.873. The first-order valence-corrected chi connectivity index (χ1v) is 9.62. The molecule has 1 fully saturated rings. The Morgan fingerprint density at radius 2 is 1.89 bits per heavy atom. The second-order valence-electron chi connectivity index (χ2n) is 7.37. The number of halogens is 1. The van der Waals surface area contributed by atoms with E-state index in [1.807, 2.05) is 6.07 Å². The largest absolute Gasteiger partial charge is 0.381 e. The molecule has 0 aromatic heterocycles. The molecule has 2 aliphatic heterocycles. The summed E-state index contributed by atoms with van der Waals surface area (Å²) in [5, 5.41) is 6.67. The summed E-state index contributed by atoms with van der Waals surface area (Å²) in [6, 6.07) is 14.8. The SMILES string of the molecule is O=C(NCC1NCCc2ccccc21)C1(c2ccc(F)cc2)CCOCC1. The van der Waals surface area contributed by atoms with Crippen LogP contribution in [-0.2, 0) is 21.4 Å².